The maximum atomic E-state index is 5.40. The van der Waals surface area contributed by atoms with Crippen LogP contribution in [-0.2, 0) is 4.18 Å². The maximum Gasteiger partial charge on any atom is 0.236 e. The molecule has 0 amide bonds. The van der Waals surface area contributed by atoms with Crippen molar-refractivity contribution < 1.29 is 4.18 Å². The van der Waals surface area contributed by atoms with Crippen molar-refractivity contribution in [2.75, 3.05) is 30.9 Å². The summed E-state index contributed by atoms with van der Waals surface area (Å²) in [6.07, 6.45) is 6.37. The van der Waals surface area contributed by atoms with Gasteiger partial charge in [0.1, 0.15) is 5.82 Å². The summed E-state index contributed by atoms with van der Waals surface area (Å²) in [6, 6.07) is 10.3. The van der Waals surface area contributed by atoms with Gasteiger partial charge in [-0.3, -0.25) is 4.40 Å². The zero-order chi connectivity index (χ0) is 17.6. The van der Waals surface area contributed by atoms with E-state index >= 15 is 0 Å². The lowest BCUT2D eigenvalue weighted by Gasteiger charge is -2.17. The van der Waals surface area contributed by atoms with Crippen LogP contribution in [0.4, 0.5) is 5.82 Å². The van der Waals surface area contributed by atoms with E-state index in [-0.39, 0.29) is 0 Å². The average molecular weight is 359 g/mol. The first-order chi connectivity index (χ1) is 12.3. The lowest BCUT2D eigenvalue weighted by atomic mass is 10.1. The van der Waals surface area contributed by atoms with Gasteiger partial charge in [-0.1, -0.05) is 26.0 Å². The van der Waals surface area contributed by atoms with Crippen LogP contribution in [-0.4, -0.2) is 40.3 Å². The highest BCUT2D eigenvalue weighted by Gasteiger charge is 2.23. The third kappa shape index (κ3) is 3.90. The highest BCUT2D eigenvalue weighted by atomic mass is 32.2. The Bertz CT molecular complexity index is 819. The minimum atomic E-state index is 0.694. The summed E-state index contributed by atoms with van der Waals surface area (Å²) in [5.74, 6) is 2.50. The van der Waals surface area contributed by atoms with E-state index in [1.165, 1.54) is 18.5 Å². The molecule has 1 atom stereocenters. The molecule has 0 saturated carbocycles. The molecule has 1 fully saturated rings. The van der Waals surface area contributed by atoms with Gasteiger partial charge in [0.05, 0.1) is 17.6 Å². The predicted molar refractivity (Wildman–Crippen MR) is 106 cm³/mol. The van der Waals surface area contributed by atoms with Crippen molar-refractivity contribution >= 4 is 34.7 Å². The van der Waals surface area contributed by atoms with E-state index in [4.69, 9.17) is 9.17 Å². The Labute approximate surface area is 153 Å². The molecule has 1 aliphatic heterocycles. The molecule has 1 saturated heterocycles. The first kappa shape index (κ1) is 18.0. The Balaban J connectivity index is 0.000000880. The summed E-state index contributed by atoms with van der Waals surface area (Å²) in [5.41, 5.74) is 2.10. The molecule has 1 aromatic carbocycles. The Kier molecular flexibility index (Phi) is 6.15. The highest BCUT2D eigenvalue weighted by Crippen LogP contribution is 2.25. The largest absolute Gasteiger partial charge is 0.356 e. The fourth-order valence-corrected chi connectivity index (χ4v) is 3.55. The third-order valence-electron chi connectivity index (χ3n) is 4.50. The van der Waals surface area contributed by atoms with Crippen LogP contribution in [0.3, 0.4) is 0 Å². The predicted octanol–water partition coefficient (Wildman–Crippen LogP) is 4.42. The number of nitrogens with zero attached hydrogens (tertiary/aromatic N) is 4. The van der Waals surface area contributed by atoms with Crippen LogP contribution in [0, 0.1) is 5.92 Å². The summed E-state index contributed by atoms with van der Waals surface area (Å²) >= 11 is 1.45. The fourth-order valence-electron chi connectivity index (χ4n) is 3.29. The number of aromatic nitrogens is 3. The van der Waals surface area contributed by atoms with E-state index in [1.54, 1.807) is 0 Å². The van der Waals surface area contributed by atoms with Crippen LogP contribution in [0.25, 0.3) is 16.8 Å². The van der Waals surface area contributed by atoms with Gasteiger partial charge in [0, 0.05) is 25.5 Å². The van der Waals surface area contributed by atoms with Crippen molar-refractivity contribution in [2.45, 2.75) is 26.7 Å². The van der Waals surface area contributed by atoms with Gasteiger partial charge in [-0.05, 0) is 49.0 Å². The van der Waals surface area contributed by atoms with E-state index in [0.717, 1.165) is 48.7 Å². The Morgan fingerprint density at radius 3 is 2.88 bits per heavy atom. The smallest absolute Gasteiger partial charge is 0.236 e. The van der Waals surface area contributed by atoms with Gasteiger partial charge in [0.15, 0.2) is 0 Å². The molecule has 2 aromatic heterocycles. The van der Waals surface area contributed by atoms with Crippen molar-refractivity contribution in [1.82, 2.24) is 14.4 Å². The molecule has 0 bridgehead atoms. The molecule has 6 heteroatoms. The molecular weight excluding hydrogens is 332 g/mol. The first-order valence-corrected chi connectivity index (χ1v) is 10.1. The van der Waals surface area contributed by atoms with E-state index in [0.29, 0.717) is 5.92 Å². The van der Waals surface area contributed by atoms with Crippen molar-refractivity contribution in [1.29, 1.82) is 0 Å². The van der Waals surface area contributed by atoms with E-state index in [9.17, 15) is 0 Å². The average Bonchev–Trinajstić information content (AvgIpc) is 3.27. The number of hydrogen-bond acceptors (Lipinski definition) is 5. The standard InChI is InChI=1S/C17H20N4OS.C2H6/c1-23-22-11-8-13-6-9-20(12-13)16-7-10-21-15-5-3-2-4-14(15)18-17(21)19-16;1-2/h2-5,7,10,13H,6,8-9,11-12H2,1H3;1-2H3. The van der Waals surface area contributed by atoms with Gasteiger partial charge in [-0.25, -0.2) is 4.98 Å². The SMILES string of the molecule is CC.CSOCCC1CCN(c2ccn3c(n2)nc2ccccc23)C1. The summed E-state index contributed by atoms with van der Waals surface area (Å²) in [4.78, 5) is 11.8. The Morgan fingerprint density at radius 2 is 2.04 bits per heavy atom. The van der Waals surface area contributed by atoms with Gasteiger partial charge in [-0.15, -0.1) is 0 Å². The molecule has 3 heterocycles. The molecule has 134 valence electrons. The minimum Gasteiger partial charge on any atom is -0.356 e. The number of imidazole rings is 1. The highest BCUT2D eigenvalue weighted by molar-refractivity contribution is 7.93. The fraction of sp³-hybridized carbons (Fsp3) is 0.474. The van der Waals surface area contributed by atoms with Gasteiger partial charge in [0.25, 0.3) is 0 Å². The number of rotatable bonds is 5. The van der Waals surface area contributed by atoms with Crippen molar-refractivity contribution in [3.05, 3.63) is 36.5 Å². The van der Waals surface area contributed by atoms with Crippen LogP contribution >= 0.6 is 12.0 Å². The molecule has 5 nitrogen and oxygen atoms in total. The first-order valence-electron chi connectivity index (χ1n) is 8.99. The summed E-state index contributed by atoms with van der Waals surface area (Å²) in [5, 5.41) is 0. The quantitative estimate of drug-likeness (QED) is 0.499. The molecule has 0 aliphatic carbocycles. The van der Waals surface area contributed by atoms with Crippen LogP contribution in [0.15, 0.2) is 36.5 Å². The summed E-state index contributed by atoms with van der Waals surface area (Å²) in [6.45, 7) is 6.95. The zero-order valence-corrected chi connectivity index (χ0v) is 16.0. The second-order valence-electron chi connectivity index (χ2n) is 5.93. The second kappa shape index (κ2) is 8.54. The zero-order valence-electron chi connectivity index (χ0n) is 15.2. The molecule has 1 unspecified atom stereocenters. The maximum absolute atomic E-state index is 5.40. The third-order valence-corrected chi connectivity index (χ3v) is 4.90. The van der Waals surface area contributed by atoms with Crippen molar-refractivity contribution in [3.8, 4) is 0 Å². The van der Waals surface area contributed by atoms with Gasteiger partial charge in [-0.2, -0.15) is 4.98 Å². The Hall–Kier alpha value is -1.79. The molecule has 0 N–H and O–H groups in total. The molecule has 1 aliphatic rings. The molecule has 4 rings (SSSR count). The van der Waals surface area contributed by atoms with Gasteiger partial charge in [0.2, 0.25) is 5.78 Å². The molecule has 0 spiro atoms. The molecular formula is C19H26N4OS. The van der Waals surface area contributed by atoms with Gasteiger partial charge < -0.3 is 9.08 Å². The lowest BCUT2D eigenvalue weighted by Crippen LogP contribution is -2.21. The van der Waals surface area contributed by atoms with E-state index in [1.807, 2.05) is 38.3 Å². The van der Waals surface area contributed by atoms with Crippen LogP contribution in [0.1, 0.15) is 26.7 Å². The van der Waals surface area contributed by atoms with Crippen molar-refractivity contribution in [3.63, 3.8) is 0 Å². The second-order valence-corrected chi connectivity index (χ2v) is 6.50. The molecule has 0 radical (unpaired) electrons. The van der Waals surface area contributed by atoms with E-state index in [2.05, 4.69) is 32.6 Å². The molecule has 25 heavy (non-hydrogen) atoms. The topological polar surface area (TPSA) is 42.7 Å². The van der Waals surface area contributed by atoms with Crippen molar-refractivity contribution in [2.24, 2.45) is 5.92 Å². The number of fused-ring (bicyclic) bond motifs is 3. The minimum absolute atomic E-state index is 0.694. The van der Waals surface area contributed by atoms with Crippen LogP contribution in [0.5, 0.6) is 0 Å². The number of anilines is 1. The summed E-state index contributed by atoms with van der Waals surface area (Å²) in [7, 11) is 0. The number of benzene rings is 1. The Morgan fingerprint density at radius 1 is 1.20 bits per heavy atom. The number of hydrogen-bond donors (Lipinski definition) is 0. The van der Waals surface area contributed by atoms with Gasteiger partial charge >= 0.3 is 0 Å². The lowest BCUT2D eigenvalue weighted by molar-refractivity contribution is 0.328. The van der Waals surface area contributed by atoms with Crippen LogP contribution < -0.4 is 4.90 Å². The molecule has 3 aromatic rings. The van der Waals surface area contributed by atoms with E-state index < -0.39 is 0 Å². The number of para-hydroxylation sites is 2. The van der Waals surface area contributed by atoms with Crippen LogP contribution in [0.2, 0.25) is 0 Å². The monoisotopic (exact) mass is 358 g/mol. The summed E-state index contributed by atoms with van der Waals surface area (Å²) < 4.78 is 7.45. The normalized spacial score (nSPS) is 17.1.